The summed E-state index contributed by atoms with van der Waals surface area (Å²) in [4.78, 5) is 0. The van der Waals surface area contributed by atoms with Crippen LogP contribution in [0.1, 0.15) is 299 Å². The predicted molar refractivity (Wildman–Crippen MR) is 279 cm³/mol. The Labute approximate surface area is 406 Å². The summed E-state index contributed by atoms with van der Waals surface area (Å²) in [5.74, 6) is 3.17. The van der Waals surface area contributed by atoms with Gasteiger partial charge in [-0.15, -0.1) is 0 Å². The molecule has 0 amide bonds. The van der Waals surface area contributed by atoms with Crippen LogP contribution in [0.2, 0.25) is 0 Å². The molecule has 0 aromatic heterocycles. The largest absolute Gasteiger partial charge is 0.494 e. The third-order valence-electron chi connectivity index (χ3n) is 12.3. The fraction of sp³-hybridized carbons (Fsp3) is 0.931. The molecule has 0 saturated heterocycles. The van der Waals surface area contributed by atoms with Gasteiger partial charge in [0.15, 0.2) is 11.5 Å². The Morgan fingerprint density at radius 1 is 0.246 bits per heavy atom. The van der Waals surface area contributed by atoms with Gasteiger partial charge in [-0.1, -0.05) is 235 Å². The van der Waals surface area contributed by atoms with E-state index < -0.39 is 12.6 Å². The van der Waals surface area contributed by atoms with Gasteiger partial charge in [-0.05, 0) is 51.4 Å². The van der Waals surface area contributed by atoms with Crippen molar-refractivity contribution in [2.45, 2.75) is 312 Å². The van der Waals surface area contributed by atoms with Gasteiger partial charge in [0.1, 0.15) is 11.5 Å². The van der Waals surface area contributed by atoms with Crippen molar-refractivity contribution in [2.24, 2.45) is 0 Å². The molecule has 0 fully saturated rings. The minimum Gasteiger partial charge on any atom is -0.494 e. The summed E-state index contributed by atoms with van der Waals surface area (Å²) in [7, 11) is 0. The first kappa shape index (κ1) is 63.6. The molecule has 0 heterocycles. The second kappa shape index (κ2) is 51.9. The van der Waals surface area contributed by atoms with Crippen LogP contribution < -0.4 is 0 Å². The van der Waals surface area contributed by atoms with Crippen LogP contribution in [-0.2, 0) is 33.2 Å². The van der Waals surface area contributed by atoms with Crippen molar-refractivity contribution in [3.8, 4) is 0 Å². The lowest BCUT2D eigenvalue weighted by Crippen LogP contribution is -2.34. The van der Waals surface area contributed by atoms with Crippen molar-refractivity contribution >= 4 is 0 Å². The molecule has 7 heteroatoms. The zero-order chi connectivity index (χ0) is 47.5. The molecule has 0 aliphatic carbocycles. The molecule has 7 nitrogen and oxygen atoms in total. The van der Waals surface area contributed by atoms with Crippen LogP contribution in [0.3, 0.4) is 0 Å². The Balaban J connectivity index is 7.29. The summed E-state index contributed by atoms with van der Waals surface area (Å²) < 4.78 is 48.4. The Hall–Kier alpha value is -1.44. The average molecular weight is 924 g/mol. The van der Waals surface area contributed by atoms with Gasteiger partial charge in [0.05, 0.1) is 39.6 Å². The summed E-state index contributed by atoms with van der Waals surface area (Å²) in [6, 6.07) is 0. The lowest BCUT2D eigenvalue weighted by atomic mass is 10.1. The second-order valence-corrected chi connectivity index (χ2v) is 18.9. The van der Waals surface area contributed by atoms with Crippen molar-refractivity contribution in [3.63, 3.8) is 0 Å². The lowest BCUT2D eigenvalue weighted by Gasteiger charge is -2.30. The topological polar surface area (TPSA) is 64.6 Å². The molecule has 0 N–H and O–H groups in total. The standard InChI is InChI=1S/C58H114O7/c1-9-17-25-29-33-35-37-41-45-53(59-47-21-13-5)55(61-49-23-15-7)57(63-51-43-39-31-27-19-11-3)65-58(64-52-44-40-32-28-20-12-4)56(62-50-24-16-8)54(60-48-22-14-6)46-42-38-36-34-30-26-18-10-2/h57-58H,9-52H2,1-8H3. The van der Waals surface area contributed by atoms with E-state index in [9.17, 15) is 0 Å². The second-order valence-electron chi connectivity index (χ2n) is 18.9. The number of hydrogen-bond acceptors (Lipinski definition) is 7. The summed E-state index contributed by atoms with van der Waals surface area (Å²) in [5.41, 5.74) is 0. The molecular weight excluding hydrogens is 809 g/mol. The van der Waals surface area contributed by atoms with Crippen LogP contribution in [0.4, 0.5) is 0 Å². The molecule has 2 atom stereocenters. The molecule has 0 aliphatic rings. The SMILES string of the molecule is CCCCCCCCCCC(OCCCC)=C(OCCCC)C(OCCCCCCCC)OC(OCCCCCCCC)C(OCCCC)=C(CCCCCCCCCC)OCCCC. The molecule has 0 aromatic carbocycles. The van der Waals surface area contributed by atoms with E-state index in [0.717, 1.165) is 114 Å². The van der Waals surface area contributed by atoms with Crippen LogP contribution in [-0.4, -0.2) is 52.2 Å². The van der Waals surface area contributed by atoms with Crippen LogP contribution in [0, 0.1) is 0 Å². The van der Waals surface area contributed by atoms with Crippen molar-refractivity contribution < 1.29 is 33.2 Å². The van der Waals surface area contributed by atoms with Crippen LogP contribution in [0.5, 0.6) is 0 Å². The maximum absolute atomic E-state index is 7.30. The Kier molecular flexibility index (Phi) is 50.8. The summed E-state index contributed by atoms with van der Waals surface area (Å²) in [6.45, 7) is 21.7. The van der Waals surface area contributed by atoms with Crippen molar-refractivity contribution in [1.82, 2.24) is 0 Å². The molecule has 2 unspecified atom stereocenters. The molecular formula is C58H114O7. The van der Waals surface area contributed by atoms with E-state index in [2.05, 4.69) is 55.4 Å². The minimum atomic E-state index is -0.799. The minimum absolute atomic E-state index is 0.579. The van der Waals surface area contributed by atoms with Gasteiger partial charge >= 0.3 is 0 Å². The maximum Gasteiger partial charge on any atom is 0.223 e. The number of ether oxygens (including phenoxy) is 7. The third-order valence-corrected chi connectivity index (χ3v) is 12.3. The van der Waals surface area contributed by atoms with Gasteiger partial charge in [-0.2, -0.15) is 0 Å². The highest BCUT2D eigenvalue weighted by atomic mass is 16.8. The van der Waals surface area contributed by atoms with E-state index in [1.807, 2.05) is 0 Å². The van der Waals surface area contributed by atoms with Crippen molar-refractivity contribution in [1.29, 1.82) is 0 Å². The first-order valence-corrected chi connectivity index (χ1v) is 28.9. The number of rotatable bonds is 54. The summed E-state index contributed by atoms with van der Waals surface area (Å²) in [6.07, 6.45) is 42.6. The summed E-state index contributed by atoms with van der Waals surface area (Å²) >= 11 is 0. The van der Waals surface area contributed by atoms with Gasteiger partial charge in [0.25, 0.3) is 0 Å². The number of allylic oxidation sites excluding steroid dienone is 2. The lowest BCUT2D eigenvalue weighted by molar-refractivity contribution is -0.243. The first-order valence-electron chi connectivity index (χ1n) is 28.9. The van der Waals surface area contributed by atoms with E-state index in [1.54, 1.807) is 0 Å². The van der Waals surface area contributed by atoms with Crippen molar-refractivity contribution in [3.05, 3.63) is 23.0 Å². The Morgan fingerprint density at radius 3 is 0.785 bits per heavy atom. The molecule has 0 saturated carbocycles. The van der Waals surface area contributed by atoms with E-state index in [4.69, 9.17) is 33.2 Å². The van der Waals surface area contributed by atoms with Gasteiger partial charge in [-0.25, -0.2) is 0 Å². The number of hydrogen-bond donors (Lipinski definition) is 0. The highest BCUT2D eigenvalue weighted by Crippen LogP contribution is 2.30. The highest BCUT2D eigenvalue weighted by Gasteiger charge is 2.32. The number of unbranched alkanes of at least 4 members (excludes halogenated alkanes) is 28. The Bertz CT molecular complexity index is 934. The van der Waals surface area contributed by atoms with E-state index >= 15 is 0 Å². The van der Waals surface area contributed by atoms with Gasteiger partial charge in [0, 0.05) is 12.8 Å². The zero-order valence-electron chi connectivity index (χ0n) is 45.1. The molecule has 65 heavy (non-hydrogen) atoms. The van der Waals surface area contributed by atoms with Gasteiger partial charge < -0.3 is 33.2 Å². The van der Waals surface area contributed by atoms with Gasteiger partial charge in [0.2, 0.25) is 12.6 Å². The highest BCUT2D eigenvalue weighted by molar-refractivity contribution is 5.09. The molecule has 0 rings (SSSR count). The van der Waals surface area contributed by atoms with Crippen LogP contribution >= 0.6 is 0 Å². The quantitative estimate of drug-likeness (QED) is 0.0342. The zero-order valence-corrected chi connectivity index (χ0v) is 45.1. The molecule has 0 spiro atoms. The Morgan fingerprint density at radius 2 is 0.492 bits per heavy atom. The maximum atomic E-state index is 7.30. The van der Waals surface area contributed by atoms with Crippen LogP contribution in [0.15, 0.2) is 23.0 Å². The average Bonchev–Trinajstić information content (AvgIpc) is 3.31. The summed E-state index contributed by atoms with van der Waals surface area (Å²) in [5, 5.41) is 0. The smallest absolute Gasteiger partial charge is 0.223 e. The monoisotopic (exact) mass is 923 g/mol. The fourth-order valence-corrected chi connectivity index (χ4v) is 7.88. The fourth-order valence-electron chi connectivity index (χ4n) is 7.88. The third kappa shape index (κ3) is 39.1. The van der Waals surface area contributed by atoms with E-state index in [-0.39, 0.29) is 0 Å². The van der Waals surface area contributed by atoms with Crippen molar-refractivity contribution in [2.75, 3.05) is 39.6 Å². The normalized spacial score (nSPS) is 13.4. The van der Waals surface area contributed by atoms with E-state index in [0.29, 0.717) is 51.2 Å². The molecule has 0 aliphatic heterocycles. The van der Waals surface area contributed by atoms with Gasteiger partial charge in [-0.3, -0.25) is 0 Å². The predicted octanol–water partition coefficient (Wildman–Crippen LogP) is 19.2. The molecule has 0 aromatic rings. The van der Waals surface area contributed by atoms with Crippen LogP contribution in [0.25, 0.3) is 0 Å². The molecule has 0 bridgehead atoms. The van der Waals surface area contributed by atoms with E-state index in [1.165, 1.54) is 141 Å². The first-order chi connectivity index (χ1) is 32.1. The molecule has 0 radical (unpaired) electrons. The molecule has 388 valence electrons.